The monoisotopic (exact) mass is 261 g/mol. The molecule has 106 valence electrons. The molecular weight excluding hydrogens is 238 g/mol. The van der Waals surface area contributed by atoms with E-state index in [2.05, 4.69) is 0 Å². The van der Waals surface area contributed by atoms with Gasteiger partial charge in [0, 0.05) is 40.3 Å². The van der Waals surface area contributed by atoms with Gasteiger partial charge in [0.25, 0.3) is 0 Å². The summed E-state index contributed by atoms with van der Waals surface area (Å²) in [5.41, 5.74) is 0. The molecule has 0 bridgehead atoms. The van der Waals surface area contributed by atoms with Crippen molar-refractivity contribution in [3.8, 4) is 0 Å². The van der Waals surface area contributed by atoms with E-state index in [1.807, 2.05) is 0 Å². The molecule has 0 unspecified atom stereocenters. The highest BCUT2D eigenvalue weighted by Crippen LogP contribution is 2.03. The van der Waals surface area contributed by atoms with Gasteiger partial charge in [-0.05, 0) is 12.8 Å². The first-order chi connectivity index (χ1) is 8.61. The van der Waals surface area contributed by atoms with Gasteiger partial charge in [-0.3, -0.25) is 9.59 Å². The third kappa shape index (κ3) is 8.95. The smallest absolute Gasteiger partial charge is 0.305 e. The van der Waals surface area contributed by atoms with E-state index in [1.54, 1.807) is 19.1 Å². The molecule has 0 aromatic heterocycles. The molecule has 0 spiro atoms. The molecule has 0 aliphatic carbocycles. The first kappa shape index (κ1) is 16.9. The van der Waals surface area contributed by atoms with Gasteiger partial charge < -0.3 is 19.5 Å². The number of ether oxygens (including phenoxy) is 2. The van der Waals surface area contributed by atoms with Gasteiger partial charge >= 0.3 is 5.97 Å². The van der Waals surface area contributed by atoms with E-state index < -0.39 is 5.97 Å². The second kappa shape index (κ2) is 11.0. The minimum absolute atomic E-state index is 0.0237. The number of hydrogen-bond donors (Lipinski definition) is 1. The first-order valence-corrected chi connectivity index (χ1v) is 6.09. The number of carboxylic acids is 1. The third-order valence-corrected chi connectivity index (χ3v) is 2.50. The minimum Gasteiger partial charge on any atom is -0.481 e. The summed E-state index contributed by atoms with van der Waals surface area (Å²) in [5, 5.41) is 8.63. The Morgan fingerprint density at radius 3 is 2.22 bits per heavy atom. The van der Waals surface area contributed by atoms with Crippen LogP contribution in [0.4, 0.5) is 0 Å². The number of hydrogen-bond acceptors (Lipinski definition) is 4. The second-order valence-corrected chi connectivity index (χ2v) is 3.97. The van der Waals surface area contributed by atoms with Gasteiger partial charge in [0.2, 0.25) is 5.91 Å². The van der Waals surface area contributed by atoms with Crippen LogP contribution in [-0.2, 0) is 19.1 Å². The molecular formula is C12H23NO5. The number of rotatable bonds is 11. The van der Waals surface area contributed by atoms with Crippen molar-refractivity contribution in [2.24, 2.45) is 0 Å². The molecule has 0 heterocycles. The lowest BCUT2D eigenvalue weighted by Gasteiger charge is -2.21. The Bertz CT molecular complexity index is 245. The second-order valence-electron chi connectivity index (χ2n) is 3.97. The zero-order valence-electron chi connectivity index (χ0n) is 11.2. The van der Waals surface area contributed by atoms with Crippen molar-refractivity contribution in [1.29, 1.82) is 0 Å². The highest BCUT2D eigenvalue weighted by atomic mass is 16.5. The molecule has 0 aliphatic rings. The van der Waals surface area contributed by atoms with Crippen molar-refractivity contribution in [2.45, 2.75) is 25.7 Å². The number of carbonyl (C=O) groups excluding carboxylic acids is 1. The lowest BCUT2D eigenvalue weighted by molar-refractivity contribution is -0.138. The first-order valence-electron chi connectivity index (χ1n) is 6.09. The van der Waals surface area contributed by atoms with Gasteiger partial charge in [0.05, 0.1) is 13.0 Å². The van der Waals surface area contributed by atoms with E-state index in [0.29, 0.717) is 26.2 Å². The van der Waals surface area contributed by atoms with Crippen LogP contribution in [0.15, 0.2) is 0 Å². The van der Waals surface area contributed by atoms with Gasteiger partial charge in [0.1, 0.15) is 0 Å². The van der Waals surface area contributed by atoms with Crippen LogP contribution in [0.2, 0.25) is 0 Å². The maximum absolute atomic E-state index is 11.9. The number of unbranched alkanes of at least 4 members (excludes halogenated alkanes) is 1. The van der Waals surface area contributed by atoms with E-state index in [-0.39, 0.29) is 18.9 Å². The average Bonchev–Trinajstić information content (AvgIpc) is 2.34. The molecule has 0 aliphatic heterocycles. The van der Waals surface area contributed by atoms with Gasteiger partial charge in [-0.2, -0.15) is 0 Å². The highest BCUT2D eigenvalue weighted by Gasteiger charge is 2.13. The van der Waals surface area contributed by atoms with E-state index in [1.165, 1.54) is 0 Å². The number of methoxy groups -OCH3 is 2. The van der Waals surface area contributed by atoms with Gasteiger partial charge in [-0.25, -0.2) is 0 Å². The van der Waals surface area contributed by atoms with Crippen LogP contribution in [-0.4, -0.2) is 62.4 Å². The highest BCUT2D eigenvalue weighted by molar-refractivity contribution is 5.77. The summed E-state index contributed by atoms with van der Waals surface area (Å²) >= 11 is 0. The van der Waals surface area contributed by atoms with Gasteiger partial charge in [-0.15, -0.1) is 0 Å². The topological polar surface area (TPSA) is 76.1 Å². The van der Waals surface area contributed by atoms with E-state index in [9.17, 15) is 9.59 Å². The number of amides is 1. The molecule has 0 fully saturated rings. The Balaban J connectivity index is 4.00. The summed E-state index contributed by atoms with van der Waals surface area (Å²) in [6.45, 7) is 1.73. The standard InChI is InChI=1S/C12H23NO5/c1-17-9-4-3-5-11(14)13(8-10-18-2)7-6-12(15)16/h3-10H2,1-2H3,(H,15,16). The van der Waals surface area contributed by atoms with E-state index in [4.69, 9.17) is 14.6 Å². The van der Waals surface area contributed by atoms with E-state index >= 15 is 0 Å². The van der Waals surface area contributed by atoms with Crippen LogP contribution in [0.25, 0.3) is 0 Å². The molecule has 0 saturated carbocycles. The van der Waals surface area contributed by atoms with Crippen LogP contribution in [0.5, 0.6) is 0 Å². The van der Waals surface area contributed by atoms with Crippen molar-refractivity contribution < 1.29 is 24.2 Å². The molecule has 0 rings (SSSR count). The zero-order chi connectivity index (χ0) is 13.8. The summed E-state index contributed by atoms with van der Waals surface area (Å²) in [6.07, 6.45) is 1.97. The van der Waals surface area contributed by atoms with Crippen LogP contribution < -0.4 is 0 Å². The number of carboxylic acid groups (broad SMARTS) is 1. The Labute approximate surface area is 108 Å². The van der Waals surface area contributed by atoms with Crippen molar-refractivity contribution >= 4 is 11.9 Å². The molecule has 0 radical (unpaired) electrons. The Hall–Kier alpha value is -1.14. The molecule has 6 nitrogen and oxygen atoms in total. The molecule has 0 aromatic carbocycles. The predicted molar refractivity (Wildman–Crippen MR) is 66.4 cm³/mol. The van der Waals surface area contributed by atoms with Crippen LogP contribution in [0, 0.1) is 0 Å². The summed E-state index contributed by atoms with van der Waals surface area (Å²) in [4.78, 5) is 23.9. The molecule has 1 N–H and O–H groups in total. The Morgan fingerprint density at radius 1 is 1.00 bits per heavy atom. The van der Waals surface area contributed by atoms with Crippen molar-refractivity contribution in [2.75, 3.05) is 40.5 Å². The molecule has 0 aromatic rings. The molecule has 6 heteroatoms. The third-order valence-electron chi connectivity index (χ3n) is 2.50. The fourth-order valence-electron chi connectivity index (χ4n) is 1.47. The molecule has 0 atom stereocenters. The Morgan fingerprint density at radius 2 is 1.67 bits per heavy atom. The predicted octanol–water partition coefficient (Wildman–Crippen LogP) is 0.753. The minimum atomic E-state index is -0.899. The summed E-state index contributed by atoms with van der Waals surface area (Å²) in [5.74, 6) is -0.922. The summed E-state index contributed by atoms with van der Waals surface area (Å²) < 4.78 is 9.82. The largest absolute Gasteiger partial charge is 0.481 e. The lowest BCUT2D eigenvalue weighted by atomic mass is 10.2. The van der Waals surface area contributed by atoms with Gasteiger partial charge in [0.15, 0.2) is 0 Å². The number of carbonyl (C=O) groups is 2. The van der Waals surface area contributed by atoms with Crippen molar-refractivity contribution in [3.63, 3.8) is 0 Å². The number of aliphatic carboxylic acids is 1. The fraction of sp³-hybridized carbons (Fsp3) is 0.833. The summed E-state index contributed by atoms with van der Waals surface area (Å²) in [7, 11) is 3.18. The molecule has 18 heavy (non-hydrogen) atoms. The normalized spacial score (nSPS) is 10.3. The van der Waals surface area contributed by atoms with Crippen LogP contribution in [0.1, 0.15) is 25.7 Å². The maximum Gasteiger partial charge on any atom is 0.305 e. The molecule has 1 amide bonds. The van der Waals surface area contributed by atoms with Crippen molar-refractivity contribution in [1.82, 2.24) is 4.90 Å². The summed E-state index contributed by atoms with van der Waals surface area (Å²) in [6, 6.07) is 0. The SMILES string of the molecule is COCCCCC(=O)N(CCOC)CCC(=O)O. The van der Waals surface area contributed by atoms with Crippen LogP contribution in [0.3, 0.4) is 0 Å². The average molecular weight is 261 g/mol. The maximum atomic E-state index is 11.9. The number of nitrogens with zero attached hydrogens (tertiary/aromatic N) is 1. The van der Waals surface area contributed by atoms with E-state index in [0.717, 1.165) is 12.8 Å². The fourth-order valence-corrected chi connectivity index (χ4v) is 1.47. The zero-order valence-corrected chi connectivity index (χ0v) is 11.2. The van der Waals surface area contributed by atoms with Crippen LogP contribution >= 0.6 is 0 Å². The Kier molecular flexibility index (Phi) is 10.3. The van der Waals surface area contributed by atoms with Gasteiger partial charge in [-0.1, -0.05) is 0 Å². The van der Waals surface area contributed by atoms with Crippen molar-refractivity contribution in [3.05, 3.63) is 0 Å². The quantitative estimate of drug-likeness (QED) is 0.555. The lowest BCUT2D eigenvalue weighted by Crippen LogP contribution is -2.35. The molecule has 0 saturated heterocycles.